The molecule has 0 bridgehead atoms. The highest BCUT2D eigenvalue weighted by molar-refractivity contribution is 7.99. The zero-order valence-corrected chi connectivity index (χ0v) is 21.7. The highest BCUT2D eigenvalue weighted by Crippen LogP contribution is 2.37. The van der Waals surface area contributed by atoms with Crippen LogP contribution in [0.25, 0.3) is 0 Å². The summed E-state index contributed by atoms with van der Waals surface area (Å²) in [6, 6.07) is 10.2. The molecule has 19 heteroatoms. The van der Waals surface area contributed by atoms with E-state index in [1.54, 1.807) is 0 Å². The molecule has 0 aromatic heterocycles. The summed E-state index contributed by atoms with van der Waals surface area (Å²) in [7, 11) is -0.351. The molecule has 0 radical (unpaired) electrons. The minimum Gasteiger partial charge on any atom is -0.361 e. The van der Waals surface area contributed by atoms with Gasteiger partial charge in [0.25, 0.3) is 45.4 Å². The summed E-state index contributed by atoms with van der Waals surface area (Å²) in [4.78, 5) is 3.98. The molecule has 1 heterocycles. The third-order valence-electron chi connectivity index (χ3n) is 2.79. The minimum absolute atomic E-state index is 0.351. The number of rotatable bonds is 4. The summed E-state index contributed by atoms with van der Waals surface area (Å²) in [6.07, 6.45) is 1.37. The van der Waals surface area contributed by atoms with Crippen LogP contribution in [-0.2, 0) is 45.4 Å². The SMILES string of the molecule is C[SiH](C)CCCN1CSc2ccccc21.O=S(O)O.O=S(O)O.O=S(O)O.O=S(O)O. The number of anilines is 1. The van der Waals surface area contributed by atoms with Crippen molar-refractivity contribution < 1.29 is 53.3 Å². The number of para-hydroxylation sites is 1. The lowest BCUT2D eigenvalue weighted by molar-refractivity contribution is 0.452. The molecular formula is C12H27NO12S5Si. The lowest BCUT2D eigenvalue weighted by Crippen LogP contribution is -2.21. The van der Waals surface area contributed by atoms with Crippen LogP contribution in [0.4, 0.5) is 5.69 Å². The topological polar surface area (TPSA) is 233 Å². The van der Waals surface area contributed by atoms with Crippen molar-refractivity contribution in [2.24, 2.45) is 0 Å². The van der Waals surface area contributed by atoms with E-state index in [1.165, 1.54) is 29.6 Å². The van der Waals surface area contributed by atoms with Crippen LogP contribution in [0.3, 0.4) is 0 Å². The molecule has 0 atom stereocenters. The van der Waals surface area contributed by atoms with Gasteiger partial charge in [-0.25, -0.2) is 0 Å². The normalized spacial score (nSPS) is 11.6. The Labute approximate surface area is 196 Å². The Kier molecular flexibility index (Phi) is 26.4. The number of fused-ring (bicyclic) bond motifs is 1. The fraction of sp³-hybridized carbons (Fsp3) is 0.500. The Bertz CT molecular complexity index is 619. The second-order valence-electron chi connectivity index (χ2n) is 5.46. The highest BCUT2D eigenvalue weighted by atomic mass is 32.2. The Morgan fingerprint density at radius 1 is 0.839 bits per heavy atom. The van der Waals surface area contributed by atoms with Crippen LogP contribution in [-0.4, -0.2) is 74.5 Å². The van der Waals surface area contributed by atoms with Crippen LogP contribution in [0.15, 0.2) is 29.2 Å². The summed E-state index contributed by atoms with van der Waals surface area (Å²) in [6.45, 7) is 6.12. The van der Waals surface area contributed by atoms with E-state index in [9.17, 15) is 0 Å². The maximum atomic E-state index is 8.67. The smallest absolute Gasteiger partial charge is 0.299 e. The van der Waals surface area contributed by atoms with E-state index in [-0.39, 0.29) is 8.80 Å². The summed E-state index contributed by atoms with van der Waals surface area (Å²) >= 11 is -8.47. The molecule has 0 saturated heterocycles. The van der Waals surface area contributed by atoms with E-state index in [0.29, 0.717) is 0 Å². The third kappa shape index (κ3) is 34.7. The van der Waals surface area contributed by atoms with Gasteiger partial charge in [-0.15, -0.1) is 11.8 Å². The largest absolute Gasteiger partial charge is 0.361 e. The number of benzene rings is 1. The zero-order valence-electron chi connectivity index (χ0n) is 16.4. The lowest BCUT2D eigenvalue weighted by Gasteiger charge is -2.18. The van der Waals surface area contributed by atoms with E-state index in [2.05, 4.69) is 42.3 Å². The van der Waals surface area contributed by atoms with Gasteiger partial charge in [0.1, 0.15) is 0 Å². The number of hydrogen-bond acceptors (Lipinski definition) is 6. The van der Waals surface area contributed by atoms with Crippen molar-refractivity contribution >= 4 is 71.7 Å². The fourth-order valence-electron chi connectivity index (χ4n) is 1.93. The molecule has 8 N–H and O–H groups in total. The van der Waals surface area contributed by atoms with Gasteiger partial charge in [0, 0.05) is 20.2 Å². The number of hydrogen-bond donors (Lipinski definition) is 8. The van der Waals surface area contributed by atoms with Crippen LogP contribution in [0, 0.1) is 0 Å². The first-order valence-electron chi connectivity index (χ1n) is 7.87. The molecule has 0 aliphatic carbocycles. The van der Waals surface area contributed by atoms with Crippen molar-refractivity contribution in [1.29, 1.82) is 0 Å². The second kappa shape index (κ2) is 23.0. The first-order chi connectivity index (χ1) is 14.2. The molecule has 0 spiro atoms. The molecule has 0 fully saturated rings. The molecule has 0 saturated carbocycles. The van der Waals surface area contributed by atoms with Gasteiger partial charge in [-0.1, -0.05) is 31.3 Å². The predicted octanol–water partition coefficient (Wildman–Crippen LogP) is 2.16. The molecule has 1 aromatic rings. The first kappa shape index (κ1) is 35.5. The van der Waals surface area contributed by atoms with Gasteiger partial charge in [-0.3, -0.25) is 36.4 Å². The van der Waals surface area contributed by atoms with Crippen molar-refractivity contribution in [3.05, 3.63) is 24.3 Å². The maximum absolute atomic E-state index is 8.67. The van der Waals surface area contributed by atoms with Gasteiger partial charge in [-0.05, 0) is 18.6 Å². The van der Waals surface area contributed by atoms with Crippen LogP contribution in [0.1, 0.15) is 6.42 Å². The first-order valence-corrected chi connectivity index (χ1v) is 16.2. The van der Waals surface area contributed by atoms with Gasteiger partial charge in [0.2, 0.25) is 0 Å². The van der Waals surface area contributed by atoms with Crippen molar-refractivity contribution in [1.82, 2.24) is 0 Å². The predicted molar refractivity (Wildman–Crippen MR) is 126 cm³/mol. The zero-order chi connectivity index (χ0) is 25.0. The molecule has 13 nitrogen and oxygen atoms in total. The summed E-state index contributed by atoms with van der Waals surface area (Å²) in [5.41, 5.74) is 1.45. The maximum Gasteiger partial charge on any atom is 0.299 e. The van der Waals surface area contributed by atoms with Crippen LogP contribution in [0.2, 0.25) is 19.1 Å². The second-order valence-corrected chi connectivity index (χ2v) is 11.7. The van der Waals surface area contributed by atoms with E-state index in [4.69, 9.17) is 53.3 Å². The number of nitrogens with zero attached hydrogens (tertiary/aromatic N) is 1. The Morgan fingerprint density at radius 3 is 1.61 bits per heavy atom. The quantitative estimate of drug-likeness (QED) is 0.193. The molecule has 2 rings (SSSR count). The third-order valence-corrected chi connectivity index (χ3v) is 5.45. The average Bonchev–Trinajstić information content (AvgIpc) is 2.96. The van der Waals surface area contributed by atoms with Crippen molar-refractivity contribution in [3.63, 3.8) is 0 Å². The van der Waals surface area contributed by atoms with E-state index in [1.807, 2.05) is 11.8 Å². The number of thioether (sulfide) groups is 1. The fourth-order valence-corrected chi connectivity index (χ4v) is 4.01. The molecular weight excluding hydrogens is 539 g/mol. The monoisotopic (exact) mass is 565 g/mol. The van der Waals surface area contributed by atoms with Gasteiger partial charge >= 0.3 is 0 Å². The van der Waals surface area contributed by atoms with Gasteiger partial charge < -0.3 is 4.90 Å². The van der Waals surface area contributed by atoms with Gasteiger partial charge in [0.15, 0.2) is 0 Å². The van der Waals surface area contributed by atoms with Crippen molar-refractivity contribution in [2.75, 3.05) is 17.3 Å². The Hall–Kier alpha value is -0.133. The van der Waals surface area contributed by atoms with Crippen LogP contribution < -0.4 is 4.90 Å². The Morgan fingerprint density at radius 2 is 1.23 bits per heavy atom. The van der Waals surface area contributed by atoms with E-state index < -0.39 is 45.4 Å². The molecule has 31 heavy (non-hydrogen) atoms. The summed E-state index contributed by atoms with van der Waals surface area (Å²) in [5.74, 6) is 1.15. The molecule has 0 unspecified atom stereocenters. The van der Waals surface area contributed by atoms with Crippen molar-refractivity contribution in [2.45, 2.75) is 30.5 Å². The Balaban J connectivity index is -0.000000404. The highest BCUT2D eigenvalue weighted by Gasteiger charge is 2.18. The molecule has 1 aromatic carbocycles. The molecule has 186 valence electrons. The molecule has 0 amide bonds. The average molecular weight is 566 g/mol. The van der Waals surface area contributed by atoms with E-state index in [0.717, 1.165) is 5.88 Å². The van der Waals surface area contributed by atoms with Crippen molar-refractivity contribution in [3.8, 4) is 0 Å². The van der Waals surface area contributed by atoms with Gasteiger partial charge in [-0.2, -0.15) is 16.8 Å². The van der Waals surface area contributed by atoms with Crippen LogP contribution in [0.5, 0.6) is 0 Å². The van der Waals surface area contributed by atoms with Gasteiger partial charge in [0.05, 0.1) is 11.6 Å². The standard InChI is InChI=1S/C12H19NSSi.4H2O3S/c1-15(2)9-5-8-13-10-14-12-7-4-3-6-11(12)13;4*1-4(2)3/h3-4,6-7,15H,5,8-10H2,1-2H3;4*(H2,1,2,3). The summed E-state index contributed by atoms with van der Waals surface area (Å²) in [5, 5.41) is 0. The van der Waals surface area contributed by atoms with Crippen LogP contribution >= 0.6 is 11.8 Å². The minimum atomic E-state index is -2.61. The molecule has 1 aliphatic rings. The lowest BCUT2D eigenvalue weighted by atomic mass is 10.3. The molecule has 1 aliphatic heterocycles. The van der Waals surface area contributed by atoms with E-state index >= 15 is 0 Å². The summed E-state index contributed by atoms with van der Waals surface area (Å²) < 4.78 is 91.3.